The molecule has 0 unspecified atom stereocenters. The fourth-order valence-corrected chi connectivity index (χ4v) is 4.02. The molecule has 0 aliphatic heterocycles. The minimum atomic E-state index is -0.305. The number of aromatic nitrogens is 1. The van der Waals surface area contributed by atoms with Crippen LogP contribution in [0.5, 0.6) is 0 Å². The highest BCUT2D eigenvalue weighted by Crippen LogP contribution is 2.30. The van der Waals surface area contributed by atoms with Gasteiger partial charge in [0, 0.05) is 27.7 Å². The molecule has 7 heteroatoms. The summed E-state index contributed by atoms with van der Waals surface area (Å²) in [5.41, 5.74) is 9.14. The standard InChI is InChI=1S/C24H17ClFN3OS/c25-18-12-21(14-28-13-18)31-20-8-3-16(4-9-20)24(30)29-23-11-17(5-10-22(23)27)15-1-6-19(26)7-2-15/h1-14H,27H2,(H,29,30). The van der Waals surface area contributed by atoms with Crippen LogP contribution in [0.2, 0.25) is 5.02 Å². The summed E-state index contributed by atoms with van der Waals surface area (Å²) >= 11 is 7.47. The number of hydrogen-bond acceptors (Lipinski definition) is 4. The Hall–Kier alpha value is -3.35. The highest BCUT2D eigenvalue weighted by molar-refractivity contribution is 7.99. The lowest BCUT2D eigenvalue weighted by molar-refractivity contribution is 0.102. The molecule has 0 bridgehead atoms. The molecule has 0 atom stereocenters. The van der Waals surface area contributed by atoms with Crippen LogP contribution in [-0.2, 0) is 0 Å². The van der Waals surface area contributed by atoms with Gasteiger partial charge in [-0.3, -0.25) is 9.78 Å². The zero-order chi connectivity index (χ0) is 21.8. The summed E-state index contributed by atoms with van der Waals surface area (Å²) in [6, 6.07) is 20.5. The number of rotatable bonds is 5. The zero-order valence-corrected chi connectivity index (χ0v) is 17.8. The highest BCUT2D eigenvalue weighted by Gasteiger charge is 2.10. The van der Waals surface area contributed by atoms with Crippen molar-refractivity contribution in [1.29, 1.82) is 0 Å². The summed E-state index contributed by atoms with van der Waals surface area (Å²) < 4.78 is 13.2. The number of nitrogens with two attached hydrogens (primary N) is 1. The number of hydrogen-bond donors (Lipinski definition) is 2. The summed E-state index contributed by atoms with van der Waals surface area (Å²) in [6.45, 7) is 0. The average molecular weight is 450 g/mol. The van der Waals surface area contributed by atoms with Crippen LogP contribution in [0.3, 0.4) is 0 Å². The smallest absolute Gasteiger partial charge is 0.255 e. The van der Waals surface area contributed by atoms with E-state index in [1.807, 2.05) is 24.3 Å². The topological polar surface area (TPSA) is 68.0 Å². The van der Waals surface area contributed by atoms with E-state index in [0.29, 0.717) is 22.0 Å². The molecule has 1 amide bonds. The van der Waals surface area contributed by atoms with E-state index in [2.05, 4.69) is 10.3 Å². The van der Waals surface area contributed by atoms with Gasteiger partial charge in [-0.2, -0.15) is 0 Å². The van der Waals surface area contributed by atoms with Crippen LogP contribution in [0.1, 0.15) is 10.4 Å². The molecule has 4 rings (SSSR count). The maximum Gasteiger partial charge on any atom is 0.255 e. The first-order chi connectivity index (χ1) is 15.0. The Labute approximate surface area is 188 Å². The minimum Gasteiger partial charge on any atom is -0.397 e. The molecule has 1 aromatic heterocycles. The van der Waals surface area contributed by atoms with Crippen LogP contribution < -0.4 is 11.1 Å². The summed E-state index contributed by atoms with van der Waals surface area (Å²) in [7, 11) is 0. The molecule has 4 nitrogen and oxygen atoms in total. The fraction of sp³-hybridized carbons (Fsp3) is 0. The lowest BCUT2D eigenvalue weighted by Gasteiger charge is -2.11. The van der Waals surface area contributed by atoms with Gasteiger partial charge in [-0.25, -0.2) is 4.39 Å². The number of nitrogens with zero attached hydrogens (tertiary/aromatic N) is 1. The van der Waals surface area contributed by atoms with Crippen molar-refractivity contribution in [3.8, 4) is 11.1 Å². The van der Waals surface area contributed by atoms with Crippen molar-refractivity contribution in [3.63, 3.8) is 0 Å². The van der Waals surface area contributed by atoms with Gasteiger partial charge in [0.1, 0.15) is 5.82 Å². The minimum absolute atomic E-state index is 0.274. The Morgan fingerprint density at radius 2 is 1.61 bits per heavy atom. The van der Waals surface area contributed by atoms with Crippen LogP contribution in [0, 0.1) is 5.82 Å². The Morgan fingerprint density at radius 1 is 0.903 bits per heavy atom. The molecule has 1 heterocycles. The van der Waals surface area contributed by atoms with Crippen LogP contribution in [0.4, 0.5) is 15.8 Å². The van der Waals surface area contributed by atoms with Crippen molar-refractivity contribution >= 4 is 40.6 Å². The van der Waals surface area contributed by atoms with Gasteiger partial charge in [-0.15, -0.1) is 0 Å². The summed E-state index contributed by atoms with van der Waals surface area (Å²) in [5, 5.41) is 3.42. The number of pyridine rings is 1. The number of amides is 1. The van der Waals surface area contributed by atoms with E-state index in [9.17, 15) is 9.18 Å². The lowest BCUT2D eigenvalue weighted by atomic mass is 10.0. The molecule has 3 aromatic carbocycles. The Bertz CT molecular complexity index is 1230. The monoisotopic (exact) mass is 449 g/mol. The maximum atomic E-state index is 13.2. The molecule has 0 aliphatic carbocycles. The second kappa shape index (κ2) is 9.20. The van der Waals surface area contributed by atoms with Gasteiger partial charge in [-0.05, 0) is 65.7 Å². The Morgan fingerprint density at radius 3 is 2.32 bits per heavy atom. The predicted molar refractivity (Wildman–Crippen MR) is 124 cm³/mol. The second-order valence-corrected chi connectivity index (χ2v) is 8.31. The molecule has 154 valence electrons. The van der Waals surface area contributed by atoms with Gasteiger partial charge < -0.3 is 11.1 Å². The summed E-state index contributed by atoms with van der Waals surface area (Å²) in [5.74, 6) is -0.579. The Balaban J connectivity index is 1.49. The van der Waals surface area contributed by atoms with Crippen molar-refractivity contribution in [2.24, 2.45) is 0 Å². The number of nitrogens with one attached hydrogen (secondary N) is 1. The third kappa shape index (κ3) is 5.23. The first kappa shape index (κ1) is 20.9. The number of carbonyl (C=O) groups is 1. The lowest BCUT2D eigenvalue weighted by Crippen LogP contribution is -2.13. The van der Waals surface area contributed by atoms with Crippen molar-refractivity contribution in [2.45, 2.75) is 9.79 Å². The molecular weight excluding hydrogens is 433 g/mol. The quantitative estimate of drug-likeness (QED) is 0.340. The number of carbonyl (C=O) groups excluding carboxylic acids is 1. The molecule has 0 saturated heterocycles. The van der Waals surface area contributed by atoms with Crippen LogP contribution >= 0.6 is 23.4 Å². The SMILES string of the molecule is Nc1ccc(-c2ccc(F)cc2)cc1NC(=O)c1ccc(Sc2cncc(Cl)c2)cc1. The zero-order valence-electron chi connectivity index (χ0n) is 16.2. The summed E-state index contributed by atoms with van der Waals surface area (Å²) in [4.78, 5) is 18.7. The number of benzene rings is 3. The maximum absolute atomic E-state index is 13.2. The number of nitrogen functional groups attached to an aromatic ring is 1. The van der Waals surface area contributed by atoms with Crippen molar-refractivity contribution in [1.82, 2.24) is 4.98 Å². The van der Waals surface area contributed by atoms with E-state index in [1.165, 1.54) is 23.9 Å². The fourth-order valence-electron chi connectivity index (χ4n) is 2.94. The van der Waals surface area contributed by atoms with E-state index in [-0.39, 0.29) is 11.7 Å². The van der Waals surface area contributed by atoms with Crippen molar-refractivity contribution in [2.75, 3.05) is 11.1 Å². The van der Waals surface area contributed by atoms with E-state index in [4.69, 9.17) is 17.3 Å². The van der Waals surface area contributed by atoms with Crippen molar-refractivity contribution < 1.29 is 9.18 Å². The molecule has 0 radical (unpaired) electrons. The van der Waals surface area contributed by atoms with Crippen LogP contribution in [0.15, 0.2) is 95.0 Å². The Kier molecular flexibility index (Phi) is 6.21. The molecule has 0 fully saturated rings. The second-order valence-electron chi connectivity index (χ2n) is 6.73. The van der Waals surface area contributed by atoms with Gasteiger partial charge in [0.2, 0.25) is 0 Å². The van der Waals surface area contributed by atoms with Crippen molar-refractivity contribution in [3.05, 3.63) is 102 Å². The molecule has 0 spiro atoms. The number of anilines is 2. The molecule has 31 heavy (non-hydrogen) atoms. The average Bonchev–Trinajstić information content (AvgIpc) is 2.76. The normalized spacial score (nSPS) is 10.6. The van der Waals surface area contributed by atoms with E-state index in [1.54, 1.807) is 48.8 Å². The van der Waals surface area contributed by atoms with Crippen LogP contribution in [0.25, 0.3) is 11.1 Å². The third-order valence-corrected chi connectivity index (χ3v) is 5.68. The third-order valence-electron chi connectivity index (χ3n) is 4.51. The van der Waals surface area contributed by atoms with Gasteiger partial charge in [0.15, 0.2) is 0 Å². The summed E-state index contributed by atoms with van der Waals surface area (Å²) in [6.07, 6.45) is 3.31. The highest BCUT2D eigenvalue weighted by atomic mass is 35.5. The largest absolute Gasteiger partial charge is 0.397 e. The van der Waals surface area contributed by atoms with Gasteiger partial charge >= 0.3 is 0 Å². The van der Waals surface area contributed by atoms with Crippen LogP contribution in [-0.4, -0.2) is 10.9 Å². The molecule has 0 saturated carbocycles. The van der Waals surface area contributed by atoms with E-state index in [0.717, 1.165) is 20.9 Å². The first-order valence-electron chi connectivity index (χ1n) is 9.33. The molecule has 3 N–H and O–H groups in total. The molecule has 4 aromatic rings. The first-order valence-corrected chi connectivity index (χ1v) is 10.5. The predicted octanol–water partition coefficient (Wildman–Crippen LogP) is 6.53. The van der Waals surface area contributed by atoms with Gasteiger partial charge in [0.25, 0.3) is 5.91 Å². The van der Waals surface area contributed by atoms with Gasteiger partial charge in [0.05, 0.1) is 16.4 Å². The van der Waals surface area contributed by atoms with E-state index >= 15 is 0 Å². The van der Waals surface area contributed by atoms with E-state index < -0.39 is 0 Å². The number of halogens is 2. The molecule has 0 aliphatic rings. The van der Waals surface area contributed by atoms with Gasteiger partial charge in [-0.1, -0.05) is 41.6 Å². The molecular formula is C24H17ClFN3OS.